The van der Waals surface area contributed by atoms with E-state index in [1.54, 1.807) is 6.21 Å². The van der Waals surface area contributed by atoms with Crippen LogP contribution in [0, 0.1) is 27.7 Å². The van der Waals surface area contributed by atoms with E-state index in [9.17, 15) is 0 Å². The van der Waals surface area contributed by atoms with Gasteiger partial charge in [0, 0.05) is 11.3 Å². The molecule has 0 saturated heterocycles. The van der Waals surface area contributed by atoms with Crippen LogP contribution in [0.1, 0.15) is 28.1 Å². The minimum Gasteiger partial charge on any atom is -0.331 e. The third-order valence-electron chi connectivity index (χ3n) is 4.43. The van der Waals surface area contributed by atoms with Crippen molar-refractivity contribution in [2.45, 2.75) is 27.7 Å². The Morgan fingerprint density at radius 2 is 1.67 bits per heavy atom. The number of nitrogens with one attached hydrogen (secondary N) is 2. The lowest BCUT2D eigenvalue weighted by atomic mass is 10.1. The molecule has 2 N–H and O–H groups in total. The summed E-state index contributed by atoms with van der Waals surface area (Å²) in [6.45, 7) is 8.10. The molecule has 1 aromatic heterocycles. The zero-order chi connectivity index (χ0) is 19.4. The van der Waals surface area contributed by atoms with E-state index in [0.717, 1.165) is 39.5 Å². The molecule has 5 nitrogen and oxygen atoms in total. The number of aryl methyl sites for hydroxylation is 3. The van der Waals surface area contributed by atoms with Gasteiger partial charge in [-0.1, -0.05) is 36.4 Å². The van der Waals surface area contributed by atoms with Crippen LogP contribution in [-0.4, -0.2) is 21.1 Å². The number of thiocarbonyl (C=S) groups is 1. The fourth-order valence-electron chi connectivity index (χ4n) is 2.97. The Balaban J connectivity index is 1.72. The van der Waals surface area contributed by atoms with Crippen LogP contribution in [0.3, 0.4) is 0 Å². The van der Waals surface area contributed by atoms with Gasteiger partial charge in [0.25, 0.3) is 0 Å². The quantitative estimate of drug-likeness (QED) is 0.401. The first-order chi connectivity index (χ1) is 13.0. The Bertz CT molecular complexity index is 969. The van der Waals surface area contributed by atoms with E-state index in [4.69, 9.17) is 12.2 Å². The first kappa shape index (κ1) is 18.8. The molecule has 138 valence electrons. The second-order valence-electron chi connectivity index (χ2n) is 6.42. The molecule has 1 heterocycles. The van der Waals surface area contributed by atoms with Gasteiger partial charge in [-0.15, -0.1) is 0 Å². The van der Waals surface area contributed by atoms with Gasteiger partial charge in [-0.25, -0.2) is 4.68 Å². The minimum atomic E-state index is 0.453. The average molecular weight is 378 g/mol. The highest BCUT2D eigenvalue weighted by molar-refractivity contribution is 7.80. The van der Waals surface area contributed by atoms with Crippen molar-refractivity contribution < 1.29 is 0 Å². The lowest BCUT2D eigenvalue weighted by Gasteiger charge is -2.12. The van der Waals surface area contributed by atoms with Gasteiger partial charge < -0.3 is 5.32 Å². The first-order valence-corrected chi connectivity index (χ1v) is 9.16. The average Bonchev–Trinajstić information content (AvgIpc) is 2.94. The van der Waals surface area contributed by atoms with Crippen molar-refractivity contribution in [3.63, 3.8) is 0 Å². The number of benzene rings is 2. The maximum Gasteiger partial charge on any atom is 0.191 e. The third-order valence-corrected chi connectivity index (χ3v) is 4.62. The Hall–Kier alpha value is -2.99. The van der Waals surface area contributed by atoms with Crippen LogP contribution in [0.15, 0.2) is 53.6 Å². The number of anilines is 1. The van der Waals surface area contributed by atoms with Gasteiger partial charge in [0.05, 0.1) is 23.3 Å². The molecule has 0 aliphatic heterocycles. The second-order valence-corrected chi connectivity index (χ2v) is 6.83. The smallest absolute Gasteiger partial charge is 0.191 e. The maximum absolute atomic E-state index is 5.36. The molecule has 2 aromatic carbocycles. The Labute approximate surface area is 165 Å². The van der Waals surface area contributed by atoms with Gasteiger partial charge in [0.2, 0.25) is 0 Å². The predicted octanol–water partition coefficient (Wildman–Crippen LogP) is 4.43. The van der Waals surface area contributed by atoms with Crippen LogP contribution in [0.2, 0.25) is 0 Å². The zero-order valence-corrected chi connectivity index (χ0v) is 16.8. The lowest BCUT2D eigenvalue weighted by Crippen LogP contribution is -2.24. The molecule has 0 spiro atoms. The Morgan fingerprint density at radius 1 is 1.00 bits per heavy atom. The fourth-order valence-corrected chi connectivity index (χ4v) is 3.13. The van der Waals surface area contributed by atoms with Crippen LogP contribution < -0.4 is 10.7 Å². The highest BCUT2D eigenvalue weighted by atomic mass is 32.1. The van der Waals surface area contributed by atoms with Crippen molar-refractivity contribution in [2.75, 3.05) is 5.32 Å². The molecule has 0 amide bonds. The summed E-state index contributed by atoms with van der Waals surface area (Å²) in [6.07, 6.45) is 1.76. The molecule has 0 fully saturated rings. The van der Waals surface area contributed by atoms with Crippen LogP contribution in [0.4, 0.5) is 5.69 Å². The number of hydrogen-bond acceptors (Lipinski definition) is 3. The summed E-state index contributed by atoms with van der Waals surface area (Å²) >= 11 is 5.36. The van der Waals surface area contributed by atoms with Gasteiger partial charge in [-0.05, 0) is 63.2 Å². The highest BCUT2D eigenvalue weighted by Crippen LogP contribution is 2.19. The zero-order valence-electron chi connectivity index (χ0n) is 15.9. The Morgan fingerprint density at radius 3 is 2.33 bits per heavy atom. The minimum absolute atomic E-state index is 0.453. The molecule has 3 aromatic rings. The molecule has 0 aliphatic carbocycles. The number of rotatable bonds is 4. The number of para-hydroxylation sites is 2. The van der Waals surface area contributed by atoms with Gasteiger partial charge in [0.15, 0.2) is 5.11 Å². The molecule has 0 radical (unpaired) electrons. The van der Waals surface area contributed by atoms with Crippen molar-refractivity contribution in [1.29, 1.82) is 0 Å². The first-order valence-electron chi connectivity index (χ1n) is 8.75. The molecule has 27 heavy (non-hydrogen) atoms. The van der Waals surface area contributed by atoms with E-state index >= 15 is 0 Å². The number of aromatic nitrogens is 2. The summed E-state index contributed by atoms with van der Waals surface area (Å²) in [5.41, 5.74) is 10.1. The molecule has 0 unspecified atom stereocenters. The van der Waals surface area contributed by atoms with E-state index in [1.807, 2.05) is 80.9 Å². The maximum atomic E-state index is 5.36. The number of nitrogens with zero attached hydrogens (tertiary/aromatic N) is 3. The van der Waals surface area contributed by atoms with Gasteiger partial charge in [0.1, 0.15) is 0 Å². The standard InChI is InChI=1S/C21H23N5S/c1-14-9-8-10-15(2)20(14)23-21(27)24-22-13-19-16(3)25-26(17(19)4)18-11-6-5-7-12-18/h5-13H,1-4H3,(H2,23,24,27)/b22-13-. The fraction of sp³-hybridized carbons (Fsp3) is 0.190. The third kappa shape index (κ3) is 4.23. The molecule has 0 atom stereocenters. The molecule has 3 rings (SSSR count). The summed E-state index contributed by atoms with van der Waals surface area (Å²) in [5.74, 6) is 0. The molecular weight excluding hydrogens is 354 g/mol. The summed E-state index contributed by atoms with van der Waals surface area (Å²) < 4.78 is 1.92. The van der Waals surface area contributed by atoms with Crippen LogP contribution in [-0.2, 0) is 0 Å². The van der Waals surface area contributed by atoms with Gasteiger partial charge in [-0.3, -0.25) is 5.43 Å². The molecule has 0 bridgehead atoms. The van der Waals surface area contributed by atoms with E-state index in [2.05, 4.69) is 20.9 Å². The van der Waals surface area contributed by atoms with E-state index < -0.39 is 0 Å². The predicted molar refractivity (Wildman–Crippen MR) is 116 cm³/mol. The van der Waals surface area contributed by atoms with E-state index in [0.29, 0.717) is 5.11 Å². The molecule has 6 heteroatoms. The summed E-state index contributed by atoms with van der Waals surface area (Å²) in [4.78, 5) is 0. The molecule has 0 aliphatic rings. The van der Waals surface area contributed by atoms with Crippen molar-refractivity contribution in [3.8, 4) is 5.69 Å². The van der Waals surface area contributed by atoms with Crippen molar-refractivity contribution in [2.24, 2.45) is 5.10 Å². The van der Waals surface area contributed by atoms with Crippen molar-refractivity contribution in [1.82, 2.24) is 15.2 Å². The van der Waals surface area contributed by atoms with E-state index in [1.165, 1.54) is 0 Å². The molecular formula is C21H23N5S. The number of hydrazone groups is 1. The Kier molecular flexibility index (Phi) is 5.66. The van der Waals surface area contributed by atoms with Crippen LogP contribution in [0.5, 0.6) is 0 Å². The summed E-state index contributed by atoms with van der Waals surface area (Å²) in [6, 6.07) is 16.2. The largest absolute Gasteiger partial charge is 0.331 e. The summed E-state index contributed by atoms with van der Waals surface area (Å²) in [7, 11) is 0. The second kappa shape index (κ2) is 8.14. The van der Waals surface area contributed by atoms with Crippen LogP contribution in [0.25, 0.3) is 5.69 Å². The lowest BCUT2D eigenvalue weighted by molar-refractivity contribution is 0.833. The van der Waals surface area contributed by atoms with Gasteiger partial charge in [-0.2, -0.15) is 10.2 Å². The highest BCUT2D eigenvalue weighted by Gasteiger charge is 2.11. The van der Waals surface area contributed by atoms with Crippen molar-refractivity contribution >= 4 is 29.2 Å². The topological polar surface area (TPSA) is 54.2 Å². The SMILES string of the molecule is Cc1cccc(C)c1NC(=S)N/N=C\c1c(C)nn(-c2ccccc2)c1C. The van der Waals surface area contributed by atoms with Gasteiger partial charge >= 0.3 is 0 Å². The van der Waals surface area contributed by atoms with Crippen molar-refractivity contribution in [3.05, 3.63) is 76.6 Å². The monoisotopic (exact) mass is 377 g/mol. The molecule has 0 saturated carbocycles. The summed E-state index contributed by atoms with van der Waals surface area (Å²) in [5, 5.41) is 12.6. The van der Waals surface area contributed by atoms with Crippen LogP contribution >= 0.6 is 12.2 Å². The number of hydrogen-bond donors (Lipinski definition) is 2. The normalized spacial score (nSPS) is 11.0. The van der Waals surface area contributed by atoms with E-state index in [-0.39, 0.29) is 0 Å².